The molecule has 0 saturated heterocycles. The third kappa shape index (κ3) is 2.24. The topological polar surface area (TPSA) is 60.7 Å². The second-order valence-corrected chi connectivity index (χ2v) is 6.93. The quantitative estimate of drug-likeness (QED) is 0.626. The molecule has 5 atom stereocenters. The summed E-state index contributed by atoms with van der Waals surface area (Å²) in [6, 6.07) is 0. The molecule has 0 unspecified atom stereocenters. The molecule has 0 aromatic carbocycles. The Labute approximate surface area is 110 Å². The first kappa shape index (κ1) is 14.0. The fraction of sp³-hybridized carbons (Fsp3) is 0.867. The van der Waals surface area contributed by atoms with Gasteiger partial charge in [0, 0.05) is 18.3 Å². The summed E-state index contributed by atoms with van der Waals surface area (Å²) in [4.78, 5) is 0. The van der Waals surface area contributed by atoms with E-state index in [4.69, 9.17) is 0 Å². The van der Waals surface area contributed by atoms with Gasteiger partial charge in [0.25, 0.3) is 0 Å². The van der Waals surface area contributed by atoms with Gasteiger partial charge in [-0.3, -0.25) is 0 Å². The SMILES string of the molecule is CC(C)C1=C[C@H]2[C@@H]([C@H](O)C[C@]2(C)O)[C@](C)(O)CC1. The molecule has 0 amide bonds. The van der Waals surface area contributed by atoms with Crippen molar-refractivity contribution in [1.82, 2.24) is 0 Å². The molecule has 1 fully saturated rings. The fourth-order valence-corrected chi connectivity index (χ4v) is 3.76. The van der Waals surface area contributed by atoms with Gasteiger partial charge in [0.2, 0.25) is 0 Å². The highest BCUT2D eigenvalue weighted by atomic mass is 16.3. The molecule has 2 rings (SSSR count). The number of allylic oxidation sites excluding steroid dienone is 1. The first-order valence-corrected chi connectivity index (χ1v) is 6.98. The molecule has 1 saturated carbocycles. The number of hydrogen-bond acceptors (Lipinski definition) is 3. The van der Waals surface area contributed by atoms with E-state index in [0.29, 0.717) is 18.8 Å². The van der Waals surface area contributed by atoms with Gasteiger partial charge in [0.1, 0.15) is 0 Å². The lowest BCUT2D eigenvalue weighted by Gasteiger charge is -2.35. The molecule has 2 aliphatic carbocycles. The Hall–Kier alpha value is -0.380. The molecule has 2 aliphatic rings. The lowest BCUT2D eigenvalue weighted by Crippen LogP contribution is -2.43. The molecule has 104 valence electrons. The van der Waals surface area contributed by atoms with Crippen LogP contribution < -0.4 is 0 Å². The zero-order valence-electron chi connectivity index (χ0n) is 11.8. The Bertz CT molecular complexity index is 355. The monoisotopic (exact) mass is 254 g/mol. The van der Waals surface area contributed by atoms with Gasteiger partial charge in [-0.2, -0.15) is 0 Å². The van der Waals surface area contributed by atoms with Gasteiger partial charge in [-0.1, -0.05) is 25.5 Å². The minimum atomic E-state index is -0.918. The van der Waals surface area contributed by atoms with Crippen molar-refractivity contribution in [3.05, 3.63) is 11.6 Å². The molecule has 18 heavy (non-hydrogen) atoms. The van der Waals surface area contributed by atoms with Crippen molar-refractivity contribution in [3.63, 3.8) is 0 Å². The maximum absolute atomic E-state index is 10.6. The summed E-state index contributed by atoms with van der Waals surface area (Å²) < 4.78 is 0. The smallest absolute Gasteiger partial charge is 0.0711 e. The highest BCUT2D eigenvalue weighted by Crippen LogP contribution is 2.50. The van der Waals surface area contributed by atoms with Crippen LogP contribution in [0.2, 0.25) is 0 Å². The van der Waals surface area contributed by atoms with E-state index in [0.717, 1.165) is 6.42 Å². The molecule has 0 aliphatic heterocycles. The summed E-state index contributed by atoms with van der Waals surface area (Å²) in [5.74, 6) is 0.0132. The molecule has 3 N–H and O–H groups in total. The first-order chi connectivity index (χ1) is 8.15. The molecule has 3 heteroatoms. The van der Waals surface area contributed by atoms with E-state index in [2.05, 4.69) is 19.9 Å². The third-order valence-electron chi connectivity index (χ3n) is 4.92. The fourth-order valence-electron chi connectivity index (χ4n) is 3.76. The van der Waals surface area contributed by atoms with Crippen LogP contribution in [0.5, 0.6) is 0 Å². The molecular weight excluding hydrogens is 228 g/mol. The Kier molecular flexibility index (Phi) is 3.37. The summed E-state index contributed by atoms with van der Waals surface area (Å²) in [6.45, 7) is 7.85. The predicted molar refractivity (Wildman–Crippen MR) is 71.0 cm³/mol. The Balaban J connectivity index is 2.43. The zero-order valence-corrected chi connectivity index (χ0v) is 11.8. The minimum Gasteiger partial charge on any atom is -0.393 e. The molecule has 0 bridgehead atoms. The van der Waals surface area contributed by atoms with Gasteiger partial charge in [-0.15, -0.1) is 0 Å². The van der Waals surface area contributed by atoms with Gasteiger partial charge in [-0.05, 0) is 32.6 Å². The highest BCUT2D eigenvalue weighted by molar-refractivity contribution is 5.20. The number of aliphatic hydroxyl groups excluding tert-OH is 1. The average molecular weight is 254 g/mol. The van der Waals surface area contributed by atoms with Crippen LogP contribution in [-0.4, -0.2) is 32.6 Å². The number of hydrogen-bond donors (Lipinski definition) is 3. The minimum absolute atomic E-state index is 0.151. The lowest BCUT2D eigenvalue weighted by atomic mass is 9.77. The predicted octanol–water partition coefficient (Wildman–Crippen LogP) is 1.86. The highest BCUT2D eigenvalue weighted by Gasteiger charge is 2.55. The van der Waals surface area contributed by atoms with Crippen molar-refractivity contribution >= 4 is 0 Å². The number of fused-ring (bicyclic) bond motifs is 1. The van der Waals surface area contributed by atoms with Crippen LogP contribution in [-0.2, 0) is 0 Å². The van der Waals surface area contributed by atoms with E-state index < -0.39 is 17.3 Å². The summed E-state index contributed by atoms with van der Waals surface area (Å²) >= 11 is 0. The molecular formula is C15H26O3. The van der Waals surface area contributed by atoms with Gasteiger partial charge in [0.15, 0.2) is 0 Å². The first-order valence-electron chi connectivity index (χ1n) is 6.98. The maximum Gasteiger partial charge on any atom is 0.0711 e. The van der Waals surface area contributed by atoms with Crippen LogP contribution in [0.1, 0.15) is 47.0 Å². The van der Waals surface area contributed by atoms with Gasteiger partial charge in [0.05, 0.1) is 17.3 Å². The molecule has 0 radical (unpaired) electrons. The van der Waals surface area contributed by atoms with E-state index in [1.54, 1.807) is 13.8 Å². The molecule has 0 spiro atoms. The van der Waals surface area contributed by atoms with Crippen molar-refractivity contribution in [2.75, 3.05) is 0 Å². The van der Waals surface area contributed by atoms with E-state index in [9.17, 15) is 15.3 Å². The zero-order chi connectivity index (χ0) is 13.7. The van der Waals surface area contributed by atoms with Crippen LogP contribution >= 0.6 is 0 Å². The van der Waals surface area contributed by atoms with Crippen LogP contribution in [0.15, 0.2) is 11.6 Å². The second-order valence-electron chi connectivity index (χ2n) is 6.93. The van der Waals surface area contributed by atoms with Gasteiger partial charge in [-0.25, -0.2) is 0 Å². The number of rotatable bonds is 1. The van der Waals surface area contributed by atoms with Crippen LogP contribution in [0.25, 0.3) is 0 Å². The standard InChI is InChI=1S/C15H26O3/c1-9(2)10-5-6-14(3,17)13-11(7-10)15(4,18)8-12(13)16/h7,9,11-13,16-18H,5-6,8H2,1-4H3/t11-,12+,13-,14+,15-/m0/s1. The summed E-state index contributed by atoms with van der Waals surface area (Å²) in [6.07, 6.45) is 3.35. The molecule has 0 heterocycles. The largest absolute Gasteiger partial charge is 0.393 e. The van der Waals surface area contributed by atoms with Crippen LogP contribution in [0.4, 0.5) is 0 Å². The van der Waals surface area contributed by atoms with Gasteiger partial charge < -0.3 is 15.3 Å². The average Bonchev–Trinajstić information content (AvgIpc) is 2.35. The van der Waals surface area contributed by atoms with E-state index in [1.807, 2.05) is 0 Å². The summed E-state index contributed by atoms with van der Waals surface area (Å²) in [5.41, 5.74) is -0.534. The molecule has 0 aromatic heterocycles. The normalized spacial score (nSPS) is 48.9. The second kappa shape index (κ2) is 4.32. The molecule has 0 aromatic rings. The van der Waals surface area contributed by atoms with E-state index >= 15 is 0 Å². The maximum atomic E-state index is 10.6. The van der Waals surface area contributed by atoms with Gasteiger partial charge >= 0.3 is 0 Å². The van der Waals surface area contributed by atoms with Crippen LogP contribution in [0, 0.1) is 17.8 Å². The Morgan fingerprint density at radius 3 is 2.39 bits per heavy atom. The van der Waals surface area contributed by atoms with Crippen LogP contribution in [0.3, 0.4) is 0 Å². The summed E-state index contributed by atoms with van der Waals surface area (Å²) in [7, 11) is 0. The third-order valence-corrected chi connectivity index (χ3v) is 4.92. The Morgan fingerprint density at radius 1 is 1.22 bits per heavy atom. The number of aliphatic hydroxyl groups is 3. The van der Waals surface area contributed by atoms with E-state index in [-0.39, 0.29) is 11.8 Å². The van der Waals surface area contributed by atoms with E-state index in [1.165, 1.54) is 5.57 Å². The van der Waals surface area contributed by atoms with Crippen molar-refractivity contribution in [3.8, 4) is 0 Å². The van der Waals surface area contributed by atoms with Crippen molar-refractivity contribution in [2.45, 2.75) is 64.3 Å². The van der Waals surface area contributed by atoms with Crippen molar-refractivity contribution in [1.29, 1.82) is 0 Å². The van der Waals surface area contributed by atoms with Crippen molar-refractivity contribution < 1.29 is 15.3 Å². The van der Waals surface area contributed by atoms with Crippen molar-refractivity contribution in [2.24, 2.45) is 17.8 Å². The lowest BCUT2D eigenvalue weighted by molar-refractivity contribution is -0.0665. The Morgan fingerprint density at radius 2 is 1.83 bits per heavy atom. The summed E-state index contributed by atoms with van der Waals surface area (Å²) in [5, 5.41) is 31.3. The molecule has 3 nitrogen and oxygen atoms in total.